The molecule has 0 radical (unpaired) electrons. The van der Waals surface area contributed by atoms with Gasteiger partial charge in [-0.2, -0.15) is 18.3 Å². The van der Waals surface area contributed by atoms with Gasteiger partial charge in [0, 0.05) is 24.1 Å². The standard InChI is InChI=1S/C24H23BrClF3N4O4/c1-5-37-20(34)23(2)13-32(30-19(23)14-6-11-17(18(26)12-14)24(27,28)29)22(36)33(21(35)31(3)4)16-9-7-15(25)8-10-16/h6-12H,5,13H2,1-4H3. The normalized spacial score (nSPS) is 17.3. The van der Waals surface area contributed by atoms with Crippen molar-refractivity contribution in [1.29, 1.82) is 0 Å². The van der Waals surface area contributed by atoms with E-state index in [0.29, 0.717) is 0 Å². The quantitative estimate of drug-likeness (QED) is 0.401. The largest absolute Gasteiger partial charge is 0.465 e. The minimum Gasteiger partial charge on any atom is -0.465 e. The summed E-state index contributed by atoms with van der Waals surface area (Å²) in [7, 11) is 2.93. The maximum Gasteiger partial charge on any atom is 0.417 e. The fraction of sp³-hybridized carbons (Fsp3) is 0.333. The van der Waals surface area contributed by atoms with E-state index in [1.807, 2.05) is 0 Å². The topological polar surface area (TPSA) is 82.5 Å². The number of imide groups is 1. The Morgan fingerprint density at radius 1 is 1.16 bits per heavy atom. The number of alkyl halides is 3. The van der Waals surface area contributed by atoms with Crippen LogP contribution in [0.5, 0.6) is 0 Å². The monoisotopic (exact) mass is 602 g/mol. The molecule has 2 aromatic rings. The fourth-order valence-electron chi connectivity index (χ4n) is 3.68. The predicted molar refractivity (Wildman–Crippen MR) is 136 cm³/mol. The molecule has 1 heterocycles. The number of amides is 4. The average Bonchev–Trinajstić information content (AvgIpc) is 3.18. The van der Waals surface area contributed by atoms with E-state index in [-0.39, 0.29) is 30.1 Å². The van der Waals surface area contributed by atoms with Gasteiger partial charge in [0.15, 0.2) is 0 Å². The first-order valence-electron chi connectivity index (χ1n) is 10.9. The first-order chi connectivity index (χ1) is 17.2. The Balaban J connectivity index is 2.11. The number of benzene rings is 2. The predicted octanol–water partition coefficient (Wildman–Crippen LogP) is 6.02. The number of carbonyl (C=O) groups excluding carboxylic acids is 3. The molecule has 0 aliphatic carbocycles. The Kier molecular flexibility index (Phi) is 8.23. The number of halogens is 5. The number of carbonyl (C=O) groups is 3. The Hall–Kier alpha value is -3.12. The lowest BCUT2D eigenvalue weighted by Gasteiger charge is -2.28. The number of rotatable bonds is 4. The molecule has 0 saturated carbocycles. The van der Waals surface area contributed by atoms with Crippen molar-refractivity contribution in [3.05, 3.63) is 63.1 Å². The summed E-state index contributed by atoms with van der Waals surface area (Å²) < 4.78 is 45.6. The lowest BCUT2D eigenvalue weighted by molar-refractivity contribution is -0.150. The van der Waals surface area contributed by atoms with Crippen molar-refractivity contribution in [3.8, 4) is 0 Å². The first kappa shape index (κ1) is 28.5. The molecule has 0 fully saturated rings. The summed E-state index contributed by atoms with van der Waals surface area (Å²) >= 11 is 9.21. The van der Waals surface area contributed by atoms with Crippen molar-refractivity contribution >= 4 is 57.0 Å². The van der Waals surface area contributed by atoms with Crippen LogP contribution in [0, 0.1) is 5.41 Å². The lowest BCUT2D eigenvalue weighted by atomic mass is 9.82. The van der Waals surface area contributed by atoms with Crippen LogP contribution in [0.25, 0.3) is 0 Å². The van der Waals surface area contributed by atoms with E-state index in [2.05, 4.69) is 21.0 Å². The molecule has 37 heavy (non-hydrogen) atoms. The van der Waals surface area contributed by atoms with Crippen LogP contribution < -0.4 is 4.90 Å². The summed E-state index contributed by atoms with van der Waals surface area (Å²) in [6.07, 6.45) is -4.68. The number of hydrogen-bond donors (Lipinski definition) is 0. The second-order valence-electron chi connectivity index (χ2n) is 8.52. The minimum atomic E-state index is -4.68. The molecule has 0 N–H and O–H groups in total. The highest BCUT2D eigenvalue weighted by Crippen LogP contribution is 2.38. The second-order valence-corrected chi connectivity index (χ2v) is 9.85. The molecular weight excluding hydrogens is 581 g/mol. The van der Waals surface area contributed by atoms with Crippen LogP contribution in [-0.4, -0.2) is 60.9 Å². The van der Waals surface area contributed by atoms with Gasteiger partial charge in [-0.25, -0.2) is 19.5 Å². The summed E-state index contributed by atoms with van der Waals surface area (Å²) in [5.41, 5.74) is -2.30. The van der Waals surface area contributed by atoms with Gasteiger partial charge in [-0.1, -0.05) is 33.6 Å². The highest BCUT2D eigenvalue weighted by Gasteiger charge is 2.50. The summed E-state index contributed by atoms with van der Waals surface area (Å²) in [5, 5.41) is 4.61. The number of anilines is 1. The van der Waals surface area contributed by atoms with Crippen LogP contribution in [0.1, 0.15) is 25.0 Å². The molecule has 1 unspecified atom stereocenters. The van der Waals surface area contributed by atoms with Crippen molar-refractivity contribution in [2.75, 3.05) is 32.1 Å². The third-order valence-electron chi connectivity index (χ3n) is 5.55. The Labute approximate surface area is 224 Å². The van der Waals surface area contributed by atoms with E-state index in [0.717, 1.165) is 32.6 Å². The minimum absolute atomic E-state index is 0.0214. The highest BCUT2D eigenvalue weighted by atomic mass is 79.9. The van der Waals surface area contributed by atoms with Gasteiger partial charge in [0.1, 0.15) is 5.41 Å². The van der Waals surface area contributed by atoms with Gasteiger partial charge in [-0.15, -0.1) is 0 Å². The van der Waals surface area contributed by atoms with Crippen molar-refractivity contribution < 1.29 is 32.3 Å². The number of hydrogen-bond acceptors (Lipinski definition) is 5. The van der Waals surface area contributed by atoms with Crippen LogP contribution in [0.3, 0.4) is 0 Å². The zero-order valence-electron chi connectivity index (χ0n) is 20.3. The molecule has 198 valence electrons. The van der Waals surface area contributed by atoms with E-state index in [1.54, 1.807) is 31.2 Å². The molecule has 13 heteroatoms. The third-order valence-corrected chi connectivity index (χ3v) is 6.40. The van der Waals surface area contributed by atoms with E-state index >= 15 is 0 Å². The lowest BCUT2D eigenvalue weighted by Crippen LogP contribution is -2.50. The van der Waals surface area contributed by atoms with E-state index in [4.69, 9.17) is 16.3 Å². The first-order valence-corrected chi connectivity index (χ1v) is 12.1. The molecule has 3 rings (SSSR count). The molecule has 2 aromatic carbocycles. The molecule has 1 aliphatic heterocycles. The molecule has 1 atom stereocenters. The van der Waals surface area contributed by atoms with E-state index in [1.165, 1.54) is 25.9 Å². The molecule has 0 saturated heterocycles. The van der Waals surface area contributed by atoms with E-state index < -0.39 is 40.2 Å². The maximum atomic E-state index is 13.6. The summed E-state index contributed by atoms with van der Waals surface area (Å²) in [6, 6.07) is 7.77. The SMILES string of the molecule is CCOC(=O)C1(C)CN(C(=O)N(C(=O)N(C)C)c2ccc(Br)cc2)N=C1c1ccc(C(F)(F)F)c(Cl)c1. The van der Waals surface area contributed by atoms with Gasteiger partial charge >= 0.3 is 24.2 Å². The highest BCUT2D eigenvalue weighted by molar-refractivity contribution is 9.10. The Morgan fingerprint density at radius 2 is 1.78 bits per heavy atom. The van der Waals surface area contributed by atoms with Crippen LogP contribution in [-0.2, 0) is 15.7 Å². The van der Waals surface area contributed by atoms with Crippen molar-refractivity contribution in [2.24, 2.45) is 10.5 Å². The zero-order valence-corrected chi connectivity index (χ0v) is 22.6. The van der Waals surface area contributed by atoms with E-state index in [9.17, 15) is 27.6 Å². The Bertz CT molecular complexity index is 1250. The molecule has 8 nitrogen and oxygen atoms in total. The summed E-state index contributed by atoms with van der Waals surface area (Å²) in [5.74, 6) is -0.741. The maximum absolute atomic E-state index is 13.6. The summed E-state index contributed by atoms with van der Waals surface area (Å²) in [4.78, 5) is 41.7. The van der Waals surface area contributed by atoms with Crippen LogP contribution in [0.15, 0.2) is 52.0 Å². The number of hydrazone groups is 1. The average molecular weight is 604 g/mol. The van der Waals surface area contributed by atoms with Gasteiger partial charge in [0.05, 0.1) is 35.1 Å². The smallest absolute Gasteiger partial charge is 0.417 e. The van der Waals surface area contributed by atoms with Gasteiger partial charge in [-0.05, 0) is 50.2 Å². The van der Waals surface area contributed by atoms with Crippen molar-refractivity contribution in [1.82, 2.24) is 9.91 Å². The Morgan fingerprint density at radius 3 is 2.30 bits per heavy atom. The zero-order chi connectivity index (χ0) is 27.7. The molecule has 4 amide bonds. The van der Waals surface area contributed by atoms with Crippen LogP contribution >= 0.6 is 27.5 Å². The number of urea groups is 2. The van der Waals surface area contributed by atoms with Gasteiger partial charge in [0.25, 0.3) is 0 Å². The third kappa shape index (κ3) is 5.74. The molecule has 0 spiro atoms. The number of ether oxygens (including phenoxy) is 1. The van der Waals surface area contributed by atoms with Crippen LogP contribution in [0.4, 0.5) is 28.4 Å². The van der Waals surface area contributed by atoms with Gasteiger partial charge < -0.3 is 9.64 Å². The molecular formula is C24H23BrClF3N4O4. The van der Waals surface area contributed by atoms with Gasteiger partial charge in [0.2, 0.25) is 0 Å². The molecule has 0 aromatic heterocycles. The number of nitrogens with zero attached hydrogens (tertiary/aromatic N) is 4. The number of esters is 1. The fourth-order valence-corrected chi connectivity index (χ4v) is 4.23. The van der Waals surface area contributed by atoms with Crippen LogP contribution in [0.2, 0.25) is 5.02 Å². The van der Waals surface area contributed by atoms with Crippen molar-refractivity contribution in [3.63, 3.8) is 0 Å². The van der Waals surface area contributed by atoms with Gasteiger partial charge in [-0.3, -0.25) is 4.79 Å². The van der Waals surface area contributed by atoms with Crippen molar-refractivity contribution in [2.45, 2.75) is 20.0 Å². The molecule has 0 bridgehead atoms. The molecule has 1 aliphatic rings. The second kappa shape index (κ2) is 10.7. The summed E-state index contributed by atoms with van der Waals surface area (Å²) in [6.45, 7) is 2.75.